The van der Waals surface area contributed by atoms with E-state index in [0.29, 0.717) is 25.0 Å². The van der Waals surface area contributed by atoms with E-state index < -0.39 is 0 Å². The molecule has 0 saturated carbocycles. The van der Waals surface area contributed by atoms with E-state index in [1.54, 1.807) is 0 Å². The minimum Gasteiger partial charge on any atom is -0.423 e. The third-order valence-corrected chi connectivity index (χ3v) is 6.14. The van der Waals surface area contributed by atoms with Gasteiger partial charge in [-0.1, -0.05) is 60.7 Å². The molecule has 1 atom stereocenters. The van der Waals surface area contributed by atoms with Gasteiger partial charge in [-0.05, 0) is 34.9 Å². The summed E-state index contributed by atoms with van der Waals surface area (Å²) in [4.78, 5) is 22.0. The van der Waals surface area contributed by atoms with Gasteiger partial charge in [-0.15, -0.1) is 0 Å². The Kier molecular flexibility index (Phi) is 4.13. The molecule has 1 amide bonds. The van der Waals surface area contributed by atoms with Crippen LogP contribution in [0.3, 0.4) is 0 Å². The summed E-state index contributed by atoms with van der Waals surface area (Å²) in [5.41, 5.74) is 5.71. The maximum atomic E-state index is 13.4. The van der Waals surface area contributed by atoms with E-state index >= 15 is 0 Å². The molecule has 0 aliphatic carbocycles. The number of hydrogen-bond acceptors (Lipinski definition) is 4. The van der Waals surface area contributed by atoms with Crippen LogP contribution in [0.25, 0.3) is 22.2 Å². The number of likely N-dealkylation sites (tertiary alicyclic amines) is 1. The molecule has 6 rings (SSSR count). The van der Waals surface area contributed by atoms with Crippen molar-refractivity contribution in [3.05, 3.63) is 96.2 Å². The number of carbonyl (C=O) groups is 1. The minimum atomic E-state index is 0.0863. The summed E-state index contributed by atoms with van der Waals surface area (Å²) >= 11 is 0. The van der Waals surface area contributed by atoms with Gasteiger partial charge in [0, 0.05) is 37.3 Å². The predicted molar refractivity (Wildman–Crippen MR) is 121 cm³/mol. The number of rotatable bonds is 3. The number of aromatic nitrogens is 1. The molecule has 0 bridgehead atoms. The maximum absolute atomic E-state index is 13.4. The summed E-state index contributed by atoms with van der Waals surface area (Å²) in [6, 6.07) is 26.4. The predicted octanol–water partition coefficient (Wildman–Crippen LogP) is 4.97. The number of oxazole rings is 1. The zero-order valence-corrected chi connectivity index (χ0v) is 16.9. The maximum Gasteiger partial charge on any atom is 0.302 e. The molecule has 0 spiro atoms. The van der Waals surface area contributed by atoms with Crippen molar-refractivity contribution in [1.29, 1.82) is 0 Å². The van der Waals surface area contributed by atoms with Crippen molar-refractivity contribution in [2.45, 2.75) is 0 Å². The molecule has 1 fully saturated rings. The molecule has 3 aromatic carbocycles. The Labute approximate surface area is 180 Å². The summed E-state index contributed by atoms with van der Waals surface area (Å²) < 4.78 is 5.92. The van der Waals surface area contributed by atoms with Crippen molar-refractivity contribution in [2.75, 3.05) is 24.5 Å². The first-order valence-electron chi connectivity index (χ1n) is 10.5. The van der Waals surface area contributed by atoms with Crippen LogP contribution in [0.15, 0.2) is 95.1 Å². The van der Waals surface area contributed by atoms with Crippen molar-refractivity contribution >= 4 is 23.0 Å². The Morgan fingerprint density at radius 1 is 0.903 bits per heavy atom. The molecule has 3 heterocycles. The number of fused-ring (bicyclic) bond motifs is 2. The highest BCUT2D eigenvalue weighted by Gasteiger charge is 2.37. The summed E-state index contributed by atoms with van der Waals surface area (Å²) in [7, 11) is 0. The second-order valence-electron chi connectivity index (χ2n) is 8.11. The quantitative estimate of drug-likeness (QED) is 0.481. The normalized spacial score (nSPS) is 17.8. The van der Waals surface area contributed by atoms with Gasteiger partial charge in [-0.25, -0.2) is 0 Å². The first-order chi connectivity index (χ1) is 15.3. The van der Waals surface area contributed by atoms with Crippen LogP contribution in [0, 0.1) is 5.92 Å². The number of anilines is 1. The van der Waals surface area contributed by atoms with E-state index in [2.05, 4.69) is 16.1 Å². The lowest BCUT2D eigenvalue weighted by molar-refractivity contribution is 0.0789. The van der Waals surface area contributed by atoms with Crippen molar-refractivity contribution in [1.82, 2.24) is 9.88 Å². The highest BCUT2D eigenvalue weighted by Crippen LogP contribution is 2.35. The van der Waals surface area contributed by atoms with Gasteiger partial charge < -0.3 is 14.2 Å². The lowest BCUT2D eigenvalue weighted by atomic mass is 9.99. The second-order valence-corrected chi connectivity index (χ2v) is 8.11. The van der Waals surface area contributed by atoms with Gasteiger partial charge in [-0.2, -0.15) is 4.98 Å². The molecule has 0 N–H and O–H groups in total. The molecule has 2 aliphatic heterocycles. The summed E-state index contributed by atoms with van der Waals surface area (Å²) in [6.45, 7) is 2.14. The second kappa shape index (κ2) is 7.13. The van der Waals surface area contributed by atoms with Crippen molar-refractivity contribution in [2.24, 2.45) is 5.92 Å². The summed E-state index contributed by atoms with van der Waals surface area (Å²) in [5.74, 6) is 0.394. The van der Waals surface area contributed by atoms with E-state index in [9.17, 15) is 4.79 Å². The lowest BCUT2D eigenvalue weighted by Crippen LogP contribution is -2.31. The van der Waals surface area contributed by atoms with E-state index in [1.165, 1.54) is 5.57 Å². The van der Waals surface area contributed by atoms with Crippen LogP contribution in [0.2, 0.25) is 0 Å². The average Bonchev–Trinajstić information content (AvgIpc) is 3.52. The molecule has 5 heteroatoms. The standard InChI is InChI=1S/C26H21N3O2/c30-25(22-11-5-4-10-21(22)18-8-2-1-3-9-18)28-14-19-16-29(17-20(19)15-28)26-27-23-12-6-7-13-24(23)31-26/h1-13,16,20H,14-15,17H2. The van der Waals surface area contributed by atoms with Crippen LogP contribution in [-0.4, -0.2) is 35.4 Å². The van der Waals surface area contributed by atoms with E-state index in [-0.39, 0.29) is 5.91 Å². The largest absolute Gasteiger partial charge is 0.423 e. The van der Waals surface area contributed by atoms with Crippen LogP contribution >= 0.6 is 0 Å². The Balaban J connectivity index is 1.24. The van der Waals surface area contributed by atoms with E-state index in [4.69, 9.17) is 4.42 Å². The van der Waals surface area contributed by atoms with Crippen LogP contribution in [-0.2, 0) is 0 Å². The number of hydrogen-bond donors (Lipinski definition) is 0. The van der Waals surface area contributed by atoms with Gasteiger partial charge in [-0.3, -0.25) is 4.79 Å². The lowest BCUT2D eigenvalue weighted by Gasteiger charge is -2.20. The Morgan fingerprint density at radius 2 is 1.68 bits per heavy atom. The first kappa shape index (κ1) is 18.0. The number of para-hydroxylation sites is 2. The molecule has 31 heavy (non-hydrogen) atoms. The van der Waals surface area contributed by atoms with Crippen LogP contribution in [0.1, 0.15) is 10.4 Å². The third-order valence-electron chi connectivity index (χ3n) is 6.14. The molecule has 4 aromatic rings. The van der Waals surface area contributed by atoms with Gasteiger partial charge >= 0.3 is 6.01 Å². The zero-order chi connectivity index (χ0) is 20.8. The molecule has 5 nitrogen and oxygen atoms in total. The molecule has 1 unspecified atom stereocenters. The van der Waals surface area contributed by atoms with E-state index in [0.717, 1.165) is 34.3 Å². The fourth-order valence-electron chi connectivity index (χ4n) is 4.59. The third kappa shape index (κ3) is 3.10. The number of benzene rings is 3. The first-order valence-corrected chi connectivity index (χ1v) is 10.5. The fourth-order valence-corrected chi connectivity index (χ4v) is 4.59. The highest BCUT2D eigenvalue weighted by atomic mass is 16.4. The average molecular weight is 407 g/mol. The molecular formula is C26H21N3O2. The number of carbonyl (C=O) groups excluding carboxylic acids is 1. The number of amides is 1. The fraction of sp³-hybridized carbons (Fsp3) is 0.154. The highest BCUT2D eigenvalue weighted by molar-refractivity contribution is 6.01. The number of nitrogens with zero attached hydrogens (tertiary/aromatic N) is 3. The zero-order valence-electron chi connectivity index (χ0n) is 16.9. The van der Waals surface area contributed by atoms with Crippen LogP contribution in [0.5, 0.6) is 0 Å². The van der Waals surface area contributed by atoms with Gasteiger partial charge in [0.05, 0.1) is 0 Å². The van der Waals surface area contributed by atoms with Gasteiger partial charge in [0.25, 0.3) is 5.91 Å². The molecular weight excluding hydrogens is 386 g/mol. The SMILES string of the molecule is O=C(c1ccccc1-c1ccccc1)N1CC2=CN(c3nc4ccccc4o3)CC2C1. The molecule has 1 aromatic heterocycles. The Morgan fingerprint density at radius 3 is 2.52 bits per heavy atom. The Hall–Kier alpha value is -3.86. The van der Waals surface area contributed by atoms with Crippen molar-refractivity contribution in [3.8, 4) is 11.1 Å². The molecule has 152 valence electrons. The summed E-state index contributed by atoms with van der Waals surface area (Å²) in [5, 5.41) is 0. The minimum absolute atomic E-state index is 0.0863. The van der Waals surface area contributed by atoms with Gasteiger partial charge in [0.1, 0.15) is 5.52 Å². The molecule has 0 radical (unpaired) electrons. The monoisotopic (exact) mass is 407 g/mol. The van der Waals surface area contributed by atoms with E-state index in [1.807, 2.05) is 83.8 Å². The van der Waals surface area contributed by atoms with Crippen molar-refractivity contribution < 1.29 is 9.21 Å². The molecule has 2 aliphatic rings. The van der Waals surface area contributed by atoms with Crippen LogP contribution in [0.4, 0.5) is 6.01 Å². The Bertz CT molecular complexity index is 1280. The smallest absolute Gasteiger partial charge is 0.302 e. The van der Waals surface area contributed by atoms with Crippen LogP contribution < -0.4 is 4.90 Å². The van der Waals surface area contributed by atoms with Gasteiger partial charge in [0.2, 0.25) is 0 Å². The topological polar surface area (TPSA) is 49.6 Å². The van der Waals surface area contributed by atoms with Gasteiger partial charge in [0.15, 0.2) is 5.58 Å². The molecule has 1 saturated heterocycles. The van der Waals surface area contributed by atoms with Crippen molar-refractivity contribution in [3.63, 3.8) is 0 Å². The summed E-state index contributed by atoms with van der Waals surface area (Å²) in [6.07, 6.45) is 2.10.